The van der Waals surface area contributed by atoms with E-state index in [0.717, 1.165) is 9.87 Å². The van der Waals surface area contributed by atoms with Crippen LogP contribution in [-0.4, -0.2) is 42.7 Å². The molecule has 4 nitrogen and oxygen atoms in total. The minimum atomic E-state index is -4.74. The predicted molar refractivity (Wildman–Crippen MR) is 70.2 cm³/mol. The molecule has 0 atom stereocenters. The van der Waals surface area contributed by atoms with Gasteiger partial charge >= 0.3 is 6.18 Å². The van der Waals surface area contributed by atoms with Crippen molar-refractivity contribution in [1.29, 1.82) is 0 Å². The first-order valence-electron chi connectivity index (χ1n) is 6.31. The van der Waals surface area contributed by atoms with Gasteiger partial charge in [0.1, 0.15) is 0 Å². The molecule has 1 aliphatic rings. The van der Waals surface area contributed by atoms with Gasteiger partial charge < -0.3 is 5.11 Å². The second-order valence-corrected chi connectivity index (χ2v) is 7.43. The minimum Gasteiger partial charge on any atom is -0.380 e. The Morgan fingerprint density at radius 2 is 1.90 bits per heavy atom. The fourth-order valence-corrected chi connectivity index (χ4v) is 3.81. The first-order valence-corrected chi connectivity index (χ1v) is 7.75. The number of aliphatic hydroxyl groups is 1. The van der Waals surface area contributed by atoms with Gasteiger partial charge in [-0.2, -0.15) is 17.5 Å². The maximum Gasteiger partial charge on any atom is 0.417 e. The number of halogens is 3. The van der Waals surface area contributed by atoms with Gasteiger partial charge in [0.05, 0.1) is 4.90 Å². The Labute approximate surface area is 121 Å². The van der Waals surface area contributed by atoms with Gasteiger partial charge in [-0.25, -0.2) is 8.42 Å². The molecule has 1 aliphatic carbocycles. The Morgan fingerprint density at radius 3 is 2.38 bits per heavy atom. The Bertz CT molecular complexity index is 636. The molecular formula is C13H16F3NO3S. The van der Waals surface area contributed by atoms with Crippen molar-refractivity contribution in [3.63, 3.8) is 0 Å². The summed E-state index contributed by atoms with van der Waals surface area (Å²) >= 11 is 0. The van der Waals surface area contributed by atoms with Crippen LogP contribution in [0.5, 0.6) is 0 Å². The van der Waals surface area contributed by atoms with Crippen LogP contribution in [0.1, 0.15) is 18.4 Å². The number of nitrogens with zero attached hydrogens (tertiary/aromatic N) is 1. The SMILES string of the molecule is Cc1cccc(S(=O)(=O)N(C)C2CC(O)(C(F)(F)F)C2)c1. The molecule has 8 heteroatoms. The number of benzene rings is 1. The average molecular weight is 323 g/mol. The van der Waals surface area contributed by atoms with Gasteiger partial charge in [0.15, 0.2) is 5.60 Å². The van der Waals surface area contributed by atoms with E-state index in [9.17, 15) is 26.7 Å². The van der Waals surface area contributed by atoms with E-state index in [2.05, 4.69) is 0 Å². The fourth-order valence-electron chi connectivity index (χ4n) is 2.35. The lowest BCUT2D eigenvalue weighted by molar-refractivity contribution is -0.295. The van der Waals surface area contributed by atoms with Gasteiger partial charge in [0.25, 0.3) is 0 Å². The van der Waals surface area contributed by atoms with E-state index in [0.29, 0.717) is 0 Å². The molecule has 0 amide bonds. The van der Waals surface area contributed by atoms with Crippen LogP contribution >= 0.6 is 0 Å². The van der Waals surface area contributed by atoms with Crippen LogP contribution < -0.4 is 0 Å². The molecular weight excluding hydrogens is 307 g/mol. The Hall–Kier alpha value is -1.12. The largest absolute Gasteiger partial charge is 0.417 e. The van der Waals surface area contributed by atoms with Gasteiger partial charge in [-0.3, -0.25) is 0 Å². The lowest BCUT2D eigenvalue weighted by Gasteiger charge is -2.47. The second-order valence-electron chi connectivity index (χ2n) is 5.43. The molecule has 0 unspecified atom stereocenters. The fraction of sp³-hybridized carbons (Fsp3) is 0.538. The third kappa shape index (κ3) is 2.79. The molecule has 1 N–H and O–H groups in total. The Morgan fingerprint density at radius 1 is 1.33 bits per heavy atom. The summed E-state index contributed by atoms with van der Waals surface area (Å²) in [4.78, 5) is 0.0347. The van der Waals surface area contributed by atoms with Gasteiger partial charge in [0, 0.05) is 25.9 Å². The van der Waals surface area contributed by atoms with Crippen LogP contribution in [0.3, 0.4) is 0 Å². The molecule has 2 rings (SSSR count). The average Bonchev–Trinajstić information content (AvgIpc) is 2.32. The molecule has 0 bridgehead atoms. The summed E-state index contributed by atoms with van der Waals surface area (Å²) in [6, 6.07) is 5.30. The van der Waals surface area contributed by atoms with E-state index in [-0.39, 0.29) is 4.90 Å². The summed E-state index contributed by atoms with van der Waals surface area (Å²) in [5.74, 6) is 0. The molecule has 0 aromatic heterocycles. The van der Waals surface area contributed by atoms with Gasteiger partial charge in [-0.15, -0.1) is 0 Å². The highest BCUT2D eigenvalue weighted by Crippen LogP contribution is 2.47. The van der Waals surface area contributed by atoms with Crippen LogP contribution in [0.25, 0.3) is 0 Å². The highest BCUT2D eigenvalue weighted by Gasteiger charge is 2.62. The monoisotopic (exact) mass is 323 g/mol. The minimum absolute atomic E-state index is 0.0347. The van der Waals surface area contributed by atoms with Crippen LogP contribution in [0.4, 0.5) is 13.2 Å². The number of rotatable bonds is 3. The highest BCUT2D eigenvalue weighted by atomic mass is 32.2. The predicted octanol–water partition coefficient (Wildman–Crippen LogP) is 2.07. The van der Waals surface area contributed by atoms with Crippen molar-refractivity contribution in [1.82, 2.24) is 4.31 Å². The molecule has 21 heavy (non-hydrogen) atoms. The van der Waals surface area contributed by atoms with E-state index >= 15 is 0 Å². The van der Waals surface area contributed by atoms with Crippen molar-refractivity contribution >= 4 is 10.0 Å². The number of sulfonamides is 1. The maximum absolute atomic E-state index is 12.6. The number of hydrogen-bond donors (Lipinski definition) is 1. The summed E-state index contributed by atoms with van der Waals surface area (Å²) in [5.41, 5.74) is -2.04. The maximum atomic E-state index is 12.6. The van der Waals surface area contributed by atoms with Gasteiger partial charge in [-0.05, 0) is 24.6 Å². The van der Waals surface area contributed by atoms with Crippen molar-refractivity contribution in [3.05, 3.63) is 29.8 Å². The molecule has 118 valence electrons. The van der Waals surface area contributed by atoms with Gasteiger partial charge in [-0.1, -0.05) is 12.1 Å². The van der Waals surface area contributed by atoms with Crippen molar-refractivity contribution in [2.75, 3.05) is 7.05 Å². The number of alkyl halides is 3. The molecule has 0 radical (unpaired) electrons. The van der Waals surface area contributed by atoms with Crippen molar-refractivity contribution < 1.29 is 26.7 Å². The van der Waals surface area contributed by atoms with E-state index < -0.39 is 40.7 Å². The normalized spacial score (nSPS) is 26.7. The third-order valence-corrected chi connectivity index (χ3v) is 5.76. The van der Waals surface area contributed by atoms with Crippen molar-refractivity contribution in [2.24, 2.45) is 0 Å². The lowest BCUT2D eigenvalue weighted by atomic mass is 9.75. The highest BCUT2D eigenvalue weighted by molar-refractivity contribution is 7.89. The quantitative estimate of drug-likeness (QED) is 0.926. The first-order chi connectivity index (χ1) is 9.47. The topological polar surface area (TPSA) is 57.6 Å². The summed E-state index contributed by atoms with van der Waals surface area (Å²) in [7, 11) is -2.63. The molecule has 0 aliphatic heterocycles. The molecule has 0 saturated heterocycles. The van der Waals surface area contributed by atoms with E-state index in [4.69, 9.17) is 0 Å². The van der Waals surface area contributed by atoms with E-state index in [1.165, 1.54) is 19.2 Å². The summed E-state index contributed by atoms with van der Waals surface area (Å²) in [5, 5.41) is 9.40. The zero-order valence-electron chi connectivity index (χ0n) is 11.6. The molecule has 0 heterocycles. The van der Waals surface area contributed by atoms with Gasteiger partial charge in [0.2, 0.25) is 10.0 Å². The van der Waals surface area contributed by atoms with Crippen LogP contribution in [0.15, 0.2) is 29.2 Å². The third-order valence-electron chi connectivity index (χ3n) is 3.86. The summed E-state index contributed by atoms with van der Waals surface area (Å²) in [6.07, 6.45) is -6.02. The zero-order chi connectivity index (χ0) is 16.1. The number of hydrogen-bond acceptors (Lipinski definition) is 3. The van der Waals surface area contributed by atoms with Crippen LogP contribution in [0, 0.1) is 6.92 Å². The standard InChI is InChI=1S/C13H16F3NO3S/c1-9-4-3-5-11(6-9)21(19,20)17(2)10-7-12(18,8-10)13(14,15)16/h3-6,10,18H,7-8H2,1-2H3. The Kier molecular flexibility index (Phi) is 3.84. The van der Waals surface area contributed by atoms with Crippen LogP contribution in [-0.2, 0) is 10.0 Å². The Balaban J connectivity index is 2.17. The smallest absolute Gasteiger partial charge is 0.380 e. The van der Waals surface area contributed by atoms with E-state index in [1.807, 2.05) is 0 Å². The first kappa shape index (κ1) is 16.3. The molecule has 1 aromatic carbocycles. The van der Waals surface area contributed by atoms with E-state index in [1.54, 1.807) is 19.1 Å². The number of aryl methyl sites for hydroxylation is 1. The summed E-state index contributed by atoms with van der Waals surface area (Å²) < 4.78 is 63.3. The van der Waals surface area contributed by atoms with Crippen molar-refractivity contribution in [3.8, 4) is 0 Å². The molecule has 1 aromatic rings. The molecule has 0 spiro atoms. The lowest BCUT2D eigenvalue weighted by Crippen LogP contribution is -2.62. The summed E-state index contributed by atoms with van der Waals surface area (Å²) in [6.45, 7) is 1.73. The molecule has 1 fully saturated rings. The van der Waals surface area contributed by atoms with Crippen LogP contribution in [0.2, 0.25) is 0 Å². The molecule has 1 saturated carbocycles. The zero-order valence-corrected chi connectivity index (χ0v) is 12.4. The second kappa shape index (κ2) is 4.96. The van der Waals surface area contributed by atoms with Crippen molar-refractivity contribution in [2.45, 2.75) is 42.5 Å².